The van der Waals surface area contributed by atoms with Crippen LogP contribution in [0.1, 0.15) is 33.1 Å². The van der Waals surface area contributed by atoms with E-state index in [1.807, 2.05) is 13.8 Å². The van der Waals surface area contributed by atoms with E-state index in [9.17, 15) is 14.7 Å². The summed E-state index contributed by atoms with van der Waals surface area (Å²) in [7, 11) is 0. The number of carbonyl (C=O) groups excluding carboxylic acids is 1. The van der Waals surface area contributed by atoms with Crippen molar-refractivity contribution in [2.24, 2.45) is 5.92 Å². The highest BCUT2D eigenvalue weighted by molar-refractivity contribution is 5.82. The quantitative estimate of drug-likeness (QED) is 0.690. The molecule has 0 spiro atoms. The fourth-order valence-electron chi connectivity index (χ4n) is 2.10. The molecular weight excluding hydrogens is 236 g/mol. The van der Waals surface area contributed by atoms with Gasteiger partial charge in [-0.3, -0.25) is 0 Å². The van der Waals surface area contributed by atoms with Crippen LogP contribution in [0.25, 0.3) is 0 Å². The van der Waals surface area contributed by atoms with Gasteiger partial charge < -0.3 is 20.4 Å². The van der Waals surface area contributed by atoms with E-state index in [1.54, 1.807) is 4.90 Å². The fraction of sp³-hybridized carbons (Fsp3) is 0.833. The molecule has 0 radical (unpaired) electrons. The third-order valence-electron chi connectivity index (χ3n) is 3.32. The number of amides is 2. The highest BCUT2D eigenvalue weighted by atomic mass is 16.4. The SMILES string of the molecule is CCCC(NC(=O)N1CCC(O)C(C)C1)C(=O)O. The molecular formula is C12H22N2O4. The van der Waals surface area contributed by atoms with Gasteiger partial charge >= 0.3 is 12.0 Å². The van der Waals surface area contributed by atoms with Gasteiger partial charge in [-0.05, 0) is 18.8 Å². The maximum atomic E-state index is 11.9. The van der Waals surface area contributed by atoms with Gasteiger partial charge in [0, 0.05) is 13.1 Å². The summed E-state index contributed by atoms with van der Waals surface area (Å²) in [4.78, 5) is 24.4. The van der Waals surface area contributed by atoms with Crippen molar-refractivity contribution in [1.82, 2.24) is 10.2 Å². The first-order valence-corrected chi connectivity index (χ1v) is 6.42. The van der Waals surface area contributed by atoms with Crippen molar-refractivity contribution in [3.8, 4) is 0 Å². The first-order chi connectivity index (χ1) is 8.45. The van der Waals surface area contributed by atoms with Crippen molar-refractivity contribution in [1.29, 1.82) is 0 Å². The lowest BCUT2D eigenvalue weighted by Crippen LogP contribution is -2.52. The summed E-state index contributed by atoms with van der Waals surface area (Å²) in [6, 6.07) is -1.18. The molecule has 1 aliphatic heterocycles. The number of hydrogen-bond acceptors (Lipinski definition) is 3. The van der Waals surface area contributed by atoms with Crippen LogP contribution in [0.3, 0.4) is 0 Å². The maximum Gasteiger partial charge on any atom is 0.326 e. The van der Waals surface area contributed by atoms with Gasteiger partial charge in [0.25, 0.3) is 0 Å². The Morgan fingerprint density at radius 1 is 1.50 bits per heavy atom. The summed E-state index contributed by atoms with van der Waals surface area (Å²) in [6.07, 6.45) is 1.29. The predicted octanol–water partition coefficient (Wildman–Crippen LogP) is 0.652. The average Bonchev–Trinajstić information content (AvgIpc) is 2.31. The minimum atomic E-state index is -1.00. The molecule has 1 aliphatic rings. The summed E-state index contributed by atoms with van der Waals surface area (Å²) >= 11 is 0. The van der Waals surface area contributed by atoms with Gasteiger partial charge in [0.05, 0.1) is 6.10 Å². The van der Waals surface area contributed by atoms with Gasteiger partial charge in [0.15, 0.2) is 0 Å². The van der Waals surface area contributed by atoms with E-state index < -0.39 is 12.0 Å². The topological polar surface area (TPSA) is 89.9 Å². The number of likely N-dealkylation sites (tertiary alicyclic amines) is 1. The molecule has 0 aromatic carbocycles. The monoisotopic (exact) mass is 258 g/mol. The van der Waals surface area contributed by atoms with Gasteiger partial charge in [-0.2, -0.15) is 0 Å². The number of carboxylic acids is 1. The Labute approximate surface area is 107 Å². The van der Waals surface area contributed by atoms with Crippen LogP contribution >= 0.6 is 0 Å². The van der Waals surface area contributed by atoms with E-state index in [-0.39, 0.29) is 18.1 Å². The molecule has 3 N–H and O–H groups in total. The molecule has 1 fully saturated rings. The summed E-state index contributed by atoms with van der Waals surface area (Å²) in [5, 5.41) is 21.1. The van der Waals surface area contributed by atoms with E-state index in [2.05, 4.69) is 5.32 Å². The van der Waals surface area contributed by atoms with E-state index in [0.717, 1.165) is 0 Å². The molecule has 2 amide bonds. The van der Waals surface area contributed by atoms with Gasteiger partial charge in [-0.1, -0.05) is 20.3 Å². The summed E-state index contributed by atoms with van der Waals surface area (Å²) in [5.41, 5.74) is 0. The molecule has 3 unspecified atom stereocenters. The lowest BCUT2D eigenvalue weighted by atomic mass is 9.97. The summed E-state index contributed by atoms with van der Waals surface area (Å²) in [6.45, 7) is 4.69. The van der Waals surface area contributed by atoms with Crippen LogP contribution in [0, 0.1) is 5.92 Å². The Hall–Kier alpha value is -1.30. The zero-order valence-electron chi connectivity index (χ0n) is 10.9. The Balaban J connectivity index is 2.51. The lowest BCUT2D eigenvalue weighted by Gasteiger charge is -2.34. The molecule has 0 aromatic rings. The zero-order valence-corrected chi connectivity index (χ0v) is 10.9. The number of nitrogens with one attached hydrogen (secondary N) is 1. The Morgan fingerprint density at radius 3 is 2.67 bits per heavy atom. The molecule has 1 heterocycles. The van der Waals surface area contributed by atoms with Crippen molar-refractivity contribution in [3.63, 3.8) is 0 Å². The molecule has 6 heteroatoms. The van der Waals surface area contributed by atoms with Gasteiger partial charge in [-0.15, -0.1) is 0 Å². The summed E-state index contributed by atoms with van der Waals surface area (Å²) in [5.74, 6) is -0.978. The van der Waals surface area contributed by atoms with Crippen molar-refractivity contribution >= 4 is 12.0 Å². The highest BCUT2D eigenvalue weighted by Crippen LogP contribution is 2.16. The van der Waals surface area contributed by atoms with E-state index in [0.29, 0.717) is 32.4 Å². The van der Waals surface area contributed by atoms with E-state index in [4.69, 9.17) is 5.11 Å². The second-order valence-corrected chi connectivity index (χ2v) is 4.91. The molecule has 1 saturated heterocycles. The van der Waals surface area contributed by atoms with Crippen LogP contribution in [0.15, 0.2) is 0 Å². The number of rotatable bonds is 4. The largest absolute Gasteiger partial charge is 0.480 e. The standard InChI is InChI=1S/C12H22N2O4/c1-3-4-9(11(16)17)13-12(18)14-6-5-10(15)8(2)7-14/h8-10,15H,3-7H2,1-2H3,(H,13,18)(H,16,17). The molecule has 0 aliphatic carbocycles. The number of piperidine rings is 1. The molecule has 3 atom stereocenters. The Kier molecular flexibility index (Phi) is 5.40. The van der Waals surface area contributed by atoms with Crippen LogP contribution in [-0.2, 0) is 4.79 Å². The first-order valence-electron chi connectivity index (χ1n) is 6.42. The maximum absolute atomic E-state index is 11.9. The van der Waals surface area contributed by atoms with Gasteiger partial charge in [0.1, 0.15) is 6.04 Å². The van der Waals surface area contributed by atoms with Crippen molar-refractivity contribution in [3.05, 3.63) is 0 Å². The van der Waals surface area contributed by atoms with Crippen LogP contribution in [-0.4, -0.2) is 52.3 Å². The Morgan fingerprint density at radius 2 is 2.17 bits per heavy atom. The van der Waals surface area contributed by atoms with E-state index >= 15 is 0 Å². The first kappa shape index (κ1) is 14.8. The zero-order chi connectivity index (χ0) is 13.7. The molecule has 104 valence electrons. The minimum Gasteiger partial charge on any atom is -0.480 e. The van der Waals surface area contributed by atoms with Crippen LogP contribution in [0.4, 0.5) is 4.79 Å². The van der Waals surface area contributed by atoms with Gasteiger partial charge in [0.2, 0.25) is 0 Å². The van der Waals surface area contributed by atoms with E-state index in [1.165, 1.54) is 0 Å². The lowest BCUT2D eigenvalue weighted by molar-refractivity contribution is -0.139. The average molecular weight is 258 g/mol. The minimum absolute atomic E-state index is 0.0268. The smallest absolute Gasteiger partial charge is 0.326 e. The number of hydrogen-bond donors (Lipinski definition) is 3. The predicted molar refractivity (Wildman–Crippen MR) is 66.2 cm³/mol. The Bertz CT molecular complexity index is 308. The molecule has 0 saturated carbocycles. The van der Waals surface area contributed by atoms with Crippen molar-refractivity contribution in [2.45, 2.75) is 45.3 Å². The van der Waals surface area contributed by atoms with Crippen LogP contribution in [0.2, 0.25) is 0 Å². The molecule has 6 nitrogen and oxygen atoms in total. The molecule has 18 heavy (non-hydrogen) atoms. The molecule has 0 bridgehead atoms. The number of aliphatic carboxylic acids is 1. The molecule has 0 aromatic heterocycles. The second kappa shape index (κ2) is 6.58. The summed E-state index contributed by atoms with van der Waals surface area (Å²) < 4.78 is 0. The number of carbonyl (C=O) groups is 2. The van der Waals surface area contributed by atoms with Gasteiger partial charge in [-0.25, -0.2) is 9.59 Å². The van der Waals surface area contributed by atoms with Crippen molar-refractivity contribution < 1.29 is 19.8 Å². The third kappa shape index (κ3) is 3.87. The molecule has 1 rings (SSSR count). The van der Waals surface area contributed by atoms with Crippen LogP contribution < -0.4 is 5.32 Å². The third-order valence-corrected chi connectivity index (χ3v) is 3.32. The number of aliphatic hydroxyl groups excluding tert-OH is 1. The fourth-order valence-corrected chi connectivity index (χ4v) is 2.10. The highest BCUT2D eigenvalue weighted by Gasteiger charge is 2.29. The van der Waals surface area contributed by atoms with Crippen LogP contribution in [0.5, 0.6) is 0 Å². The normalized spacial score (nSPS) is 25.6. The number of urea groups is 1. The number of carboxylic acid groups (broad SMARTS) is 1. The van der Waals surface area contributed by atoms with Crippen molar-refractivity contribution in [2.75, 3.05) is 13.1 Å². The second-order valence-electron chi connectivity index (χ2n) is 4.91. The number of nitrogens with zero attached hydrogens (tertiary/aromatic N) is 1. The number of aliphatic hydroxyl groups is 1.